The second-order valence-electron chi connectivity index (χ2n) is 3.83. The zero-order chi connectivity index (χ0) is 13.1. The van der Waals surface area contributed by atoms with Crippen molar-refractivity contribution in [2.24, 2.45) is 0 Å². The van der Waals surface area contributed by atoms with Crippen molar-refractivity contribution >= 4 is 44.8 Å². The van der Waals surface area contributed by atoms with Crippen molar-refractivity contribution < 1.29 is 4.79 Å². The van der Waals surface area contributed by atoms with Crippen molar-refractivity contribution in [1.29, 1.82) is 0 Å². The molecule has 0 aliphatic carbocycles. The minimum absolute atomic E-state index is 0.102. The van der Waals surface area contributed by atoms with Crippen molar-refractivity contribution in [3.63, 3.8) is 0 Å². The Bertz CT molecular complexity index is 582. The molecule has 0 saturated carbocycles. The summed E-state index contributed by atoms with van der Waals surface area (Å²) in [4.78, 5) is 13.1. The average Bonchev–Trinajstić information content (AvgIpc) is 2.75. The van der Waals surface area contributed by atoms with Gasteiger partial charge in [-0.15, -0.1) is 11.3 Å². The molecule has 2 aromatic rings. The molecule has 0 unspecified atom stereocenters. The summed E-state index contributed by atoms with van der Waals surface area (Å²) in [6.07, 6.45) is 0. The lowest BCUT2D eigenvalue weighted by Crippen LogP contribution is -2.23. The van der Waals surface area contributed by atoms with E-state index in [1.165, 1.54) is 0 Å². The topological polar surface area (TPSA) is 29.1 Å². The fraction of sp³-hybridized carbons (Fsp3) is 0.154. The Morgan fingerprint density at radius 3 is 2.89 bits per heavy atom. The maximum atomic E-state index is 12.0. The smallest absolute Gasteiger partial charge is 0.251 e. The summed E-state index contributed by atoms with van der Waals surface area (Å²) >= 11 is 10.9. The highest BCUT2D eigenvalue weighted by molar-refractivity contribution is 9.10. The Morgan fingerprint density at radius 2 is 2.22 bits per heavy atom. The molecular formula is C13H11BrClNOS. The molecule has 0 spiro atoms. The molecule has 2 nitrogen and oxygen atoms in total. The number of halogens is 2. The molecule has 0 aliphatic heterocycles. The van der Waals surface area contributed by atoms with Gasteiger partial charge in [-0.25, -0.2) is 0 Å². The second kappa shape index (κ2) is 5.87. The largest absolute Gasteiger partial charge is 0.347 e. The van der Waals surface area contributed by atoms with Crippen LogP contribution < -0.4 is 5.32 Å². The Kier molecular flexibility index (Phi) is 4.43. The summed E-state index contributed by atoms with van der Waals surface area (Å²) in [5.41, 5.74) is 1.54. The van der Waals surface area contributed by atoms with E-state index in [1.54, 1.807) is 23.5 Å². The van der Waals surface area contributed by atoms with Gasteiger partial charge in [0.15, 0.2) is 0 Å². The van der Waals surface area contributed by atoms with E-state index in [0.29, 0.717) is 17.1 Å². The lowest BCUT2D eigenvalue weighted by molar-refractivity contribution is 0.0950. The van der Waals surface area contributed by atoms with Gasteiger partial charge in [0.25, 0.3) is 5.91 Å². The van der Waals surface area contributed by atoms with Crippen LogP contribution >= 0.6 is 38.9 Å². The highest BCUT2D eigenvalue weighted by atomic mass is 79.9. The first-order valence-electron chi connectivity index (χ1n) is 5.34. The lowest BCUT2D eigenvalue weighted by atomic mass is 10.1. The number of hydrogen-bond acceptors (Lipinski definition) is 2. The number of carbonyl (C=O) groups excluding carboxylic acids is 1. The van der Waals surface area contributed by atoms with Crippen LogP contribution in [0.1, 0.15) is 20.8 Å². The van der Waals surface area contributed by atoms with Crippen LogP contribution in [0.2, 0.25) is 5.02 Å². The average molecular weight is 345 g/mol. The maximum Gasteiger partial charge on any atom is 0.251 e. The molecule has 1 heterocycles. The molecule has 1 amide bonds. The quantitative estimate of drug-likeness (QED) is 0.878. The van der Waals surface area contributed by atoms with E-state index in [-0.39, 0.29) is 5.91 Å². The monoisotopic (exact) mass is 343 g/mol. The molecule has 5 heteroatoms. The molecule has 94 valence electrons. The van der Waals surface area contributed by atoms with Gasteiger partial charge in [-0.2, -0.15) is 0 Å². The fourth-order valence-electron chi connectivity index (χ4n) is 1.55. The van der Waals surface area contributed by atoms with Gasteiger partial charge in [-0.05, 0) is 52.0 Å². The van der Waals surface area contributed by atoms with Crippen molar-refractivity contribution in [1.82, 2.24) is 5.32 Å². The molecule has 0 radical (unpaired) electrons. The van der Waals surface area contributed by atoms with Gasteiger partial charge in [0.2, 0.25) is 0 Å². The molecule has 1 aromatic carbocycles. The first kappa shape index (κ1) is 13.6. The highest BCUT2D eigenvalue weighted by Crippen LogP contribution is 2.22. The summed E-state index contributed by atoms with van der Waals surface area (Å²) in [7, 11) is 0. The second-order valence-corrected chi connectivity index (χ2v) is 6.13. The van der Waals surface area contributed by atoms with E-state index in [2.05, 4.69) is 21.2 Å². The molecule has 0 saturated heterocycles. The molecule has 1 N–H and O–H groups in total. The summed E-state index contributed by atoms with van der Waals surface area (Å²) in [5.74, 6) is -0.102. The Labute approximate surface area is 123 Å². The van der Waals surface area contributed by atoms with Crippen molar-refractivity contribution in [3.8, 4) is 0 Å². The molecule has 0 fully saturated rings. The molecule has 2 rings (SSSR count). The summed E-state index contributed by atoms with van der Waals surface area (Å²) in [6, 6.07) is 7.29. The standard InChI is InChI=1S/C13H11BrClNOS/c1-8-2-3-9(15)6-10(8)13(17)16-7-12-11(14)4-5-18-12/h2-6H,7H2,1H3,(H,16,17). The molecule has 18 heavy (non-hydrogen) atoms. The zero-order valence-electron chi connectivity index (χ0n) is 9.67. The first-order chi connectivity index (χ1) is 8.58. The SMILES string of the molecule is Cc1ccc(Cl)cc1C(=O)NCc1sccc1Br. The molecule has 0 atom stereocenters. The minimum Gasteiger partial charge on any atom is -0.347 e. The highest BCUT2D eigenvalue weighted by Gasteiger charge is 2.10. The maximum absolute atomic E-state index is 12.0. The molecule has 1 aromatic heterocycles. The van der Waals surface area contributed by atoms with Crippen LogP contribution in [-0.2, 0) is 6.54 Å². The minimum atomic E-state index is -0.102. The molecule has 0 bridgehead atoms. The van der Waals surface area contributed by atoms with Crippen LogP contribution in [0.5, 0.6) is 0 Å². The third-order valence-electron chi connectivity index (χ3n) is 2.54. The van der Waals surface area contributed by atoms with E-state index in [1.807, 2.05) is 24.4 Å². The van der Waals surface area contributed by atoms with Crippen molar-refractivity contribution in [2.75, 3.05) is 0 Å². The number of hydrogen-bond donors (Lipinski definition) is 1. The van der Waals surface area contributed by atoms with Crippen LogP contribution in [0.4, 0.5) is 0 Å². The molecule has 0 aliphatic rings. The number of benzene rings is 1. The number of rotatable bonds is 3. The Hall–Kier alpha value is -0.840. The van der Waals surface area contributed by atoms with Crippen LogP contribution in [0.3, 0.4) is 0 Å². The number of carbonyl (C=O) groups is 1. The molecular weight excluding hydrogens is 334 g/mol. The number of thiophene rings is 1. The number of nitrogens with one attached hydrogen (secondary N) is 1. The van der Waals surface area contributed by atoms with Crippen LogP contribution in [0.15, 0.2) is 34.1 Å². The van der Waals surface area contributed by atoms with Gasteiger partial charge >= 0.3 is 0 Å². The van der Waals surface area contributed by atoms with E-state index in [4.69, 9.17) is 11.6 Å². The van der Waals surface area contributed by atoms with Gasteiger partial charge in [0.1, 0.15) is 0 Å². The summed E-state index contributed by atoms with van der Waals surface area (Å²) < 4.78 is 1.02. The predicted octanol–water partition coefficient (Wildman–Crippen LogP) is 4.40. The third-order valence-corrected chi connectivity index (χ3v) is 4.71. The van der Waals surface area contributed by atoms with Crippen molar-refractivity contribution in [3.05, 3.63) is 55.1 Å². The Balaban J connectivity index is 2.08. The normalized spacial score (nSPS) is 10.4. The lowest BCUT2D eigenvalue weighted by Gasteiger charge is -2.07. The van der Waals surface area contributed by atoms with Crippen LogP contribution in [0, 0.1) is 6.92 Å². The third kappa shape index (κ3) is 3.13. The first-order valence-corrected chi connectivity index (χ1v) is 7.39. The predicted molar refractivity (Wildman–Crippen MR) is 79.4 cm³/mol. The van der Waals surface area contributed by atoms with E-state index >= 15 is 0 Å². The van der Waals surface area contributed by atoms with Gasteiger partial charge in [-0.1, -0.05) is 17.7 Å². The van der Waals surface area contributed by atoms with Gasteiger partial charge in [0, 0.05) is 19.9 Å². The number of amides is 1. The number of aryl methyl sites for hydroxylation is 1. The summed E-state index contributed by atoms with van der Waals surface area (Å²) in [5, 5.41) is 5.45. The Morgan fingerprint density at radius 1 is 1.44 bits per heavy atom. The van der Waals surface area contributed by atoms with Gasteiger partial charge in [0.05, 0.1) is 6.54 Å². The van der Waals surface area contributed by atoms with Crippen LogP contribution in [-0.4, -0.2) is 5.91 Å². The van der Waals surface area contributed by atoms with Crippen molar-refractivity contribution in [2.45, 2.75) is 13.5 Å². The zero-order valence-corrected chi connectivity index (χ0v) is 12.8. The van der Waals surface area contributed by atoms with E-state index in [0.717, 1.165) is 14.9 Å². The van der Waals surface area contributed by atoms with Gasteiger partial charge < -0.3 is 5.32 Å². The fourth-order valence-corrected chi connectivity index (χ4v) is 3.15. The van der Waals surface area contributed by atoms with E-state index < -0.39 is 0 Å². The van der Waals surface area contributed by atoms with E-state index in [9.17, 15) is 4.79 Å². The van der Waals surface area contributed by atoms with Crippen LogP contribution in [0.25, 0.3) is 0 Å². The van der Waals surface area contributed by atoms with Gasteiger partial charge in [-0.3, -0.25) is 4.79 Å². The summed E-state index contributed by atoms with van der Waals surface area (Å²) in [6.45, 7) is 2.41.